The third-order valence-corrected chi connectivity index (χ3v) is 2.72. The van der Waals surface area contributed by atoms with Crippen molar-refractivity contribution < 1.29 is 9.59 Å². The first kappa shape index (κ1) is 11.1. The molecule has 1 saturated heterocycles. The van der Waals surface area contributed by atoms with E-state index < -0.39 is 0 Å². The van der Waals surface area contributed by atoms with Crippen molar-refractivity contribution in [3.63, 3.8) is 0 Å². The van der Waals surface area contributed by atoms with E-state index in [2.05, 4.69) is 26.3 Å². The maximum atomic E-state index is 11.2. The maximum absolute atomic E-state index is 11.2. The average Bonchev–Trinajstić information content (AvgIpc) is 2.78. The zero-order valence-corrected chi connectivity index (χ0v) is 10.1. The van der Waals surface area contributed by atoms with Gasteiger partial charge >= 0.3 is 6.03 Å². The molecule has 6 nitrogen and oxygen atoms in total. The first-order chi connectivity index (χ1) is 7.66. The van der Waals surface area contributed by atoms with Crippen molar-refractivity contribution in [2.45, 2.75) is 13.0 Å². The molecule has 1 aliphatic heterocycles. The maximum Gasteiger partial charge on any atom is 0.324 e. The van der Waals surface area contributed by atoms with Crippen molar-refractivity contribution in [2.24, 2.45) is 0 Å². The van der Waals surface area contributed by atoms with E-state index in [4.69, 9.17) is 0 Å². The lowest BCUT2D eigenvalue weighted by molar-refractivity contribution is -0.125. The number of rotatable bonds is 4. The van der Waals surface area contributed by atoms with Crippen LogP contribution >= 0.6 is 15.9 Å². The molecule has 16 heavy (non-hydrogen) atoms. The van der Waals surface area contributed by atoms with E-state index in [0.29, 0.717) is 19.5 Å². The number of imide groups is 1. The fourth-order valence-electron chi connectivity index (χ4n) is 1.53. The van der Waals surface area contributed by atoms with Crippen LogP contribution in [-0.2, 0) is 11.3 Å². The quantitative estimate of drug-likeness (QED) is 0.824. The van der Waals surface area contributed by atoms with E-state index in [-0.39, 0.29) is 18.5 Å². The van der Waals surface area contributed by atoms with E-state index in [1.807, 2.05) is 6.20 Å². The van der Waals surface area contributed by atoms with Gasteiger partial charge in [-0.2, -0.15) is 5.10 Å². The molecule has 0 spiro atoms. The fraction of sp³-hybridized carbons (Fsp3) is 0.444. The van der Waals surface area contributed by atoms with Crippen molar-refractivity contribution in [3.05, 3.63) is 16.9 Å². The summed E-state index contributed by atoms with van der Waals surface area (Å²) in [6, 6.07) is -0.299. The van der Waals surface area contributed by atoms with Crippen LogP contribution in [0.4, 0.5) is 4.79 Å². The van der Waals surface area contributed by atoms with E-state index in [9.17, 15) is 9.59 Å². The Kier molecular flexibility index (Phi) is 3.23. The van der Waals surface area contributed by atoms with Crippen LogP contribution in [-0.4, -0.2) is 39.7 Å². The average molecular weight is 287 g/mol. The van der Waals surface area contributed by atoms with Crippen LogP contribution in [0.2, 0.25) is 0 Å². The number of aryl methyl sites for hydroxylation is 1. The summed E-state index contributed by atoms with van der Waals surface area (Å²) in [6.07, 6.45) is 4.26. The molecule has 1 aliphatic rings. The third-order valence-electron chi connectivity index (χ3n) is 2.31. The molecule has 1 fully saturated rings. The third kappa shape index (κ3) is 2.41. The number of nitrogens with one attached hydrogen (secondary N) is 1. The fourth-order valence-corrected chi connectivity index (χ4v) is 1.86. The Morgan fingerprint density at radius 3 is 2.81 bits per heavy atom. The number of carbonyl (C=O) groups is 2. The first-order valence-corrected chi connectivity index (χ1v) is 5.72. The molecule has 0 aromatic carbocycles. The predicted octanol–water partition coefficient (Wildman–Crippen LogP) is 0.587. The summed E-state index contributed by atoms with van der Waals surface area (Å²) in [5.41, 5.74) is 0. The molecule has 0 radical (unpaired) electrons. The summed E-state index contributed by atoms with van der Waals surface area (Å²) < 4.78 is 2.69. The molecule has 2 rings (SSSR count). The number of urea groups is 1. The van der Waals surface area contributed by atoms with Gasteiger partial charge in [-0.25, -0.2) is 4.79 Å². The largest absolute Gasteiger partial charge is 0.329 e. The van der Waals surface area contributed by atoms with Crippen LogP contribution in [0, 0.1) is 0 Å². The molecule has 2 heterocycles. The smallest absolute Gasteiger partial charge is 0.324 e. The standard InChI is InChI=1S/C9H11BrN4O2/c10-7-4-12-13(6-7)2-1-3-14-8(15)5-11-9(14)16/h4,6H,1-3,5H2,(H,11,16). The van der Waals surface area contributed by atoms with E-state index in [1.54, 1.807) is 10.9 Å². The predicted molar refractivity (Wildman–Crippen MR) is 59.7 cm³/mol. The van der Waals surface area contributed by atoms with Gasteiger partial charge in [0.25, 0.3) is 0 Å². The minimum Gasteiger partial charge on any atom is -0.329 e. The number of hydrogen-bond acceptors (Lipinski definition) is 3. The Balaban J connectivity index is 1.80. The number of halogens is 1. The van der Waals surface area contributed by atoms with Crippen molar-refractivity contribution in [3.8, 4) is 0 Å². The Hall–Kier alpha value is -1.37. The summed E-state index contributed by atoms with van der Waals surface area (Å²) in [6.45, 7) is 1.23. The van der Waals surface area contributed by atoms with Gasteiger partial charge in [-0.1, -0.05) is 0 Å². The molecule has 0 atom stereocenters. The molecule has 7 heteroatoms. The molecule has 1 aromatic heterocycles. The SMILES string of the molecule is O=C1CNC(=O)N1CCCn1cc(Br)cn1. The van der Waals surface area contributed by atoms with Crippen LogP contribution in [0.15, 0.2) is 16.9 Å². The summed E-state index contributed by atoms with van der Waals surface area (Å²) in [5, 5.41) is 6.56. The lowest BCUT2D eigenvalue weighted by Gasteiger charge is -2.11. The number of nitrogens with zero attached hydrogens (tertiary/aromatic N) is 3. The Labute approximate surface area is 101 Å². The second kappa shape index (κ2) is 4.65. The van der Waals surface area contributed by atoms with Gasteiger partial charge in [0.2, 0.25) is 5.91 Å². The summed E-state index contributed by atoms with van der Waals surface area (Å²) in [5.74, 6) is -0.161. The van der Waals surface area contributed by atoms with Gasteiger partial charge < -0.3 is 5.32 Å². The monoisotopic (exact) mass is 286 g/mol. The minimum absolute atomic E-state index is 0.117. The van der Waals surface area contributed by atoms with Crippen LogP contribution in [0.25, 0.3) is 0 Å². The summed E-state index contributed by atoms with van der Waals surface area (Å²) in [4.78, 5) is 23.7. The normalized spacial score (nSPS) is 15.7. The van der Waals surface area contributed by atoms with Gasteiger partial charge in [-0.05, 0) is 22.4 Å². The molecule has 0 bridgehead atoms. The first-order valence-electron chi connectivity index (χ1n) is 4.93. The van der Waals surface area contributed by atoms with E-state index in [1.165, 1.54) is 4.90 Å². The lowest BCUT2D eigenvalue weighted by Crippen LogP contribution is -2.32. The van der Waals surface area contributed by atoms with Gasteiger partial charge in [0.1, 0.15) is 0 Å². The van der Waals surface area contributed by atoms with Crippen molar-refractivity contribution in [1.29, 1.82) is 0 Å². The van der Waals surface area contributed by atoms with Gasteiger partial charge in [0.05, 0.1) is 17.2 Å². The molecule has 0 saturated carbocycles. The molecule has 0 aliphatic carbocycles. The summed E-state index contributed by atoms with van der Waals surface area (Å²) >= 11 is 3.30. The number of aromatic nitrogens is 2. The van der Waals surface area contributed by atoms with Crippen LogP contribution in [0.3, 0.4) is 0 Å². The highest BCUT2D eigenvalue weighted by molar-refractivity contribution is 9.10. The van der Waals surface area contributed by atoms with Crippen LogP contribution in [0.1, 0.15) is 6.42 Å². The van der Waals surface area contributed by atoms with Gasteiger partial charge in [0.15, 0.2) is 0 Å². The topological polar surface area (TPSA) is 67.2 Å². The van der Waals surface area contributed by atoms with Crippen LogP contribution in [0.5, 0.6) is 0 Å². The Morgan fingerprint density at radius 2 is 2.25 bits per heavy atom. The number of amides is 3. The van der Waals surface area contributed by atoms with Gasteiger partial charge in [0, 0.05) is 19.3 Å². The highest BCUT2D eigenvalue weighted by Gasteiger charge is 2.27. The van der Waals surface area contributed by atoms with Gasteiger partial charge in [-0.3, -0.25) is 14.4 Å². The zero-order chi connectivity index (χ0) is 11.5. The highest BCUT2D eigenvalue weighted by atomic mass is 79.9. The van der Waals surface area contributed by atoms with Crippen molar-refractivity contribution in [1.82, 2.24) is 20.0 Å². The molecular weight excluding hydrogens is 276 g/mol. The van der Waals surface area contributed by atoms with E-state index >= 15 is 0 Å². The van der Waals surface area contributed by atoms with Crippen molar-refractivity contribution in [2.75, 3.05) is 13.1 Å². The van der Waals surface area contributed by atoms with Crippen molar-refractivity contribution >= 4 is 27.9 Å². The number of hydrogen-bond donors (Lipinski definition) is 1. The van der Waals surface area contributed by atoms with Gasteiger partial charge in [-0.15, -0.1) is 0 Å². The molecule has 3 amide bonds. The second-order valence-electron chi connectivity index (χ2n) is 3.48. The zero-order valence-electron chi connectivity index (χ0n) is 8.52. The molecule has 0 unspecified atom stereocenters. The summed E-state index contributed by atoms with van der Waals surface area (Å²) in [7, 11) is 0. The minimum atomic E-state index is -0.299. The molecule has 1 N–H and O–H groups in total. The molecular formula is C9H11BrN4O2. The van der Waals surface area contributed by atoms with E-state index in [0.717, 1.165) is 4.47 Å². The highest BCUT2D eigenvalue weighted by Crippen LogP contribution is 2.07. The Morgan fingerprint density at radius 1 is 1.44 bits per heavy atom. The molecule has 1 aromatic rings. The Bertz CT molecular complexity index is 401. The molecule has 86 valence electrons. The van der Waals surface area contributed by atoms with Crippen LogP contribution < -0.4 is 5.32 Å². The number of carbonyl (C=O) groups excluding carboxylic acids is 2. The second-order valence-corrected chi connectivity index (χ2v) is 4.39. The lowest BCUT2D eigenvalue weighted by atomic mass is 10.4.